The Hall–Kier alpha value is -1.59. The molecule has 0 radical (unpaired) electrons. The lowest BCUT2D eigenvalue weighted by atomic mass is 10.2. The molecule has 0 saturated heterocycles. The number of primary amides is 1. The molecule has 3 amide bonds. The molecule has 0 saturated carbocycles. The summed E-state index contributed by atoms with van der Waals surface area (Å²) in [5, 5.41) is 4.68. The standard InChI is InChI=1S/C7H13N3O3/c1-4(11)9-3-6(7(8)13)10-5(2)12/h6H,3H2,1-2H3,(H2,8,13)(H,9,11)(H,10,12). The Labute approximate surface area is 75.9 Å². The van der Waals surface area contributed by atoms with Crippen LogP contribution in [-0.4, -0.2) is 30.3 Å². The zero-order valence-electron chi connectivity index (χ0n) is 7.59. The number of hydrogen-bond acceptors (Lipinski definition) is 3. The van der Waals surface area contributed by atoms with Gasteiger partial charge in [-0.1, -0.05) is 0 Å². The molecule has 0 bridgehead atoms. The lowest BCUT2D eigenvalue weighted by molar-refractivity contribution is -0.126. The molecular formula is C7H13N3O3. The molecule has 0 aliphatic rings. The predicted molar refractivity (Wildman–Crippen MR) is 45.5 cm³/mol. The van der Waals surface area contributed by atoms with Crippen molar-refractivity contribution in [3.8, 4) is 0 Å². The van der Waals surface area contributed by atoms with Crippen LogP contribution in [0.4, 0.5) is 0 Å². The van der Waals surface area contributed by atoms with E-state index in [1.54, 1.807) is 0 Å². The molecule has 6 nitrogen and oxygen atoms in total. The molecular weight excluding hydrogens is 174 g/mol. The predicted octanol–water partition coefficient (Wildman–Crippen LogP) is -1.89. The van der Waals surface area contributed by atoms with Gasteiger partial charge < -0.3 is 16.4 Å². The van der Waals surface area contributed by atoms with Crippen molar-refractivity contribution < 1.29 is 14.4 Å². The first-order chi connectivity index (χ1) is 5.93. The van der Waals surface area contributed by atoms with E-state index in [1.165, 1.54) is 13.8 Å². The van der Waals surface area contributed by atoms with Crippen molar-refractivity contribution in [3.05, 3.63) is 0 Å². The fraction of sp³-hybridized carbons (Fsp3) is 0.571. The van der Waals surface area contributed by atoms with Crippen molar-refractivity contribution in [2.45, 2.75) is 19.9 Å². The van der Waals surface area contributed by atoms with Crippen LogP contribution < -0.4 is 16.4 Å². The normalized spacial score (nSPS) is 11.5. The molecule has 0 aromatic carbocycles. The third-order valence-electron chi connectivity index (χ3n) is 1.28. The summed E-state index contributed by atoms with van der Waals surface area (Å²) in [6, 6.07) is -0.846. The van der Waals surface area contributed by atoms with E-state index in [1.807, 2.05) is 0 Å². The van der Waals surface area contributed by atoms with Crippen molar-refractivity contribution in [3.63, 3.8) is 0 Å². The van der Waals surface area contributed by atoms with E-state index in [9.17, 15) is 14.4 Å². The first-order valence-corrected chi connectivity index (χ1v) is 3.74. The van der Waals surface area contributed by atoms with Gasteiger partial charge in [-0.25, -0.2) is 0 Å². The van der Waals surface area contributed by atoms with Crippen LogP contribution in [0.1, 0.15) is 13.8 Å². The fourth-order valence-electron chi connectivity index (χ4n) is 0.714. The van der Waals surface area contributed by atoms with E-state index in [0.717, 1.165) is 0 Å². The highest BCUT2D eigenvalue weighted by molar-refractivity contribution is 5.86. The number of carbonyl (C=O) groups excluding carboxylic acids is 3. The molecule has 6 heteroatoms. The Kier molecular flexibility index (Phi) is 4.50. The summed E-state index contributed by atoms with van der Waals surface area (Å²) in [7, 11) is 0. The molecule has 0 fully saturated rings. The van der Waals surface area contributed by atoms with Crippen molar-refractivity contribution >= 4 is 17.7 Å². The second-order valence-corrected chi connectivity index (χ2v) is 2.59. The van der Waals surface area contributed by atoms with Gasteiger partial charge in [-0.2, -0.15) is 0 Å². The van der Waals surface area contributed by atoms with E-state index in [-0.39, 0.29) is 18.4 Å². The smallest absolute Gasteiger partial charge is 0.241 e. The summed E-state index contributed by atoms with van der Waals surface area (Å²) in [5.74, 6) is -1.32. The second kappa shape index (κ2) is 5.13. The second-order valence-electron chi connectivity index (χ2n) is 2.59. The summed E-state index contributed by atoms with van der Waals surface area (Å²) in [5.41, 5.74) is 4.97. The van der Waals surface area contributed by atoms with Gasteiger partial charge in [-0.05, 0) is 0 Å². The number of nitrogens with one attached hydrogen (secondary N) is 2. The summed E-state index contributed by atoms with van der Waals surface area (Å²) < 4.78 is 0. The summed E-state index contributed by atoms with van der Waals surface area (Å²) in [4.78, 5) is 31.8. The largest absolute Gasteiger partial charge is 0.368 e. The molecule has 74 valence electrons. The Morgan fingerprint density at radius 3 is 2.08 bits per heavy atom. The maximum absolute atomic E-state index is 10.7. The third-order valence-corrected chi connectivity index (χ3v) is 1.28. The molecule has 0 aliphatic carbocycles. The number of hydrogen-bond donors (Lipinski definition) is 3. The van der Waals surface area contributed by atoms with Gasteiger partial charge in [0.15, 0.2) is 0 Å². The average Bonchev–Trinajstić information content (AvgIpc) is 1.96. The number of rotatable bonds is 4. The molecule has 1 unspecified atom stereocenters. The first-order valence-electron chi connectivity index (χ1n) is 3.74. The van der Waals surface area contributed by atoms with Crippen LogP contribution in [-0.2, 0) is 14.4 Å². The van der Waals surface area contributed by atoms with Gasteiger partial charge in [-0.3, -0.25) is 14.4 Å². The number of amides is 3. The van der Waals surface area contributed by atoms with Gasteiger partial charge in [0.1, 0.15) is 6.04 Å². The lowest BCUT2D eigenvalue weighted by Gasteiger charge is -2.13. The maximum atomic E-state index is 10.7. The van der Waals surface area contributed by atoms with E-state index in [4.69, 9.17) is 5.73 Å². The van der Waals surface area contributed by atoms with Gasteiger partial charge in [0, 0.05) is 20.4 Å². The van der Waals surface area contributed by atoms with Crippen LogP contribution in [0.2, 0.25) is 0 Å². The van der Waals surface area contributed by atoms with E-state index in [0.29, 0.717) is 0 Å². The molecule has 13 heavy (non-hydrogen) atoms. The highest BCUT2D eigenvalue weighted by Crippen LogP contribution is 1.80. The molecule has 4 N–H and O–H groups in total. The molecule has 0 rings (SSSR count). The van der Waals surface area contributed by atoms with E-state index >= 15 is 0 Å². The van der Waals surface area contributed by atoms with Crippen LogP contribution in [0, 0.1) is 0 Å². The highest BCUT2D eigenvalue weighted by Gasteiger charge is 2.15. The Bertz CT molecular complexity index is 227. The van der Waals surface area contributed by atoms with Gasteiger partial charge in [0.25, 0.3) is 0 Å². The monoisotopic (exact) mass is 187 g/mol. The summed E-state index contributed by atoms with van der Waals surface area (Å²) in [6.45, 7) is 2.60. The van der Waals surface area contributed by atoms with E-state index < -0.39 is 11.9 Å². The molecule has 0 heterocycles. The van der Waals surface area contributed by atoms with Crippen LogP contribution in [0.3, 0.4) is 0 Å². The maximum Gasteiger partial charge on any atom is 0.241 e. The summed E-state index contributed by atoms with van der Waals surface area (Å²) in [6.07, 6.45) is 0. The first kappa shape index (κ1) is 11.4. The molecule has 0 aliphatic heterocycles. The van der Waals surface area contributed by atoms with Crippen LogP contribution >= 0.6 is 0 Å². The van der Waals surface area contributed by atoms with Crippen LogP contribution in [0.25, 0.3) is 0 Å². The average molecular weight is 187 g/mol. The lowest BCUT2D eigenvalue weighted by Crippen LogP contribution is -2.50. The molecule has 0 spiro atoms. The van der Waals surface area contributed by atoms with Gasteiger partial charge in [0.05, 0.1) is 0 Å². The number of nitrogens with two attached hydrogens (primary N) is 1. The van der Waals surface area contributed by atoms with Crippen molar-refractivity contribution in [2.75, 3.05) is 6.54 Å². The highest BCUT2D eigenvalue weighted by atomic mass is 16.2. The topological polar surface area (TPSA) is 101 Å². The zero-order chi connectivity index (χ0) is 10.4. The molecule has 0 aromatic heterocycles. The Balaban J connectivity index is 4.02. The van der Waals surface area contributed by atoms with Crippen molar-refractivity contribution in [1.29, 1.82) is 0 Å². The fourth-order valence-corrected chi connectivity index (χ4v) is 0.714. The molecule has 0 aromatic rings. The minimum atomic E-state index is -0.846. The van der Waals surface area contributed by atoms with Crippen LogP contribution in [0.5, 0.6) is 0 Å². The van der Waals surface area contributed by atoms with E-state index in [2.05, 4.69) is 10.6 Å². The minimum absolute atomic E-state index is 0.0181. The quantitative estimate of drug-likeness (QED) is 0.479. The third kappa shape index (κ3) is 5.66. The van der Waals surface area contributed by atoms with Crippen molar-refractivity contribution in [2.24, 2.45) is 5.73 Å². The van der Waals surface area contributed by atoms with Crippen LogP contribution in [0.15, 0.2) is 0 Å². The van der Waals surface area contributed by atoms with Gasteiger partial charge in [0.2, 0.25) is 17.7 Å². The van der Waals surface area contributed by atoms with Crippen molar-refractivity contribution in [1.82, 2.24) is 10.6 Å². The molecule has 1 atom stereocenters. The Morgan fingerprint density at radius 2 is 1.77 bits per heavy atom. The Morgan fingerprint density at radius 1 is 1.23 bits per heavy atom. The van der Waals surface area contributed by atoms with Gasteiger partial charge in [-0.15, -0.1) is 0 Å². The zero-order valence-corrected chi connectivity index (χ0v) is 7.59. The van der Waals surface area contributed by atoms with Gasteiger partial charge >= 0.3 is 0 Å². The minimum Gasteiger partial charge on any atom is -0.368 e. The SMILES string of the molecule is CC(=O)NCC(NC(C)=O)C(N)=O. The number of carbonyl (C=O) groups is 3. The summed E-state index contributed by atoms with van der Waals surface area (Å²) >= 11 is 0.